The topological polar surface area (TPSA) is 12.0 Å². The average Bonchev–Trinajstić information content (AvgIpc) is 2.03. The van der Waals surface area contributed by atoms with E-state index in [0.717, 1.165) is 0 Å². The van der Waals surface area contributed by atoms with E-state index in [0.29, 0.717) is 5.69 Å². The first-order valence-electron chi connectivity index (χ1n) is 3.24. The quantitative estimate of drug-likeness (QED) is 0.644. The number of halogens is 4. The lowest BCUT2D eigenvalue weighted by molar-refractivity contribution is -0.0328. The van der Waals surface area contributed by atoms with E-state index >= 15 is 0 Å². The molecule has 0 fully saturated rings. The van der Waals surface area contributed by atoms with Gasteiger partial charge in [-0.2, -0.15) is 13.2 Å². The van der Waals surface area contributed by atoms with Crippen LogP contribution in [0.2, 0.25) is 0 Å². The number of alkyl halides is 3. The third-order valence-corrected chi connectivity index (χ3v) is 2.39. The Balaban J connectivity index is 2.70. The fourth-order valence-electron chi connectivity index (χ4n) is 0.720. The maximum Gasteiger partial charge on any atom is 0.446 e. The van der Waals surface area contributed by atoms with Crippen molar-refractivity contribution in [2.24, 2.45) is 0 Å². The molecule has 0 spiro atoms. The molecule has 1 aromatic rings. The molecule has 0 bridgehead atoms. The van der Waals surface area contributed by atoms with Gasteiger partial charge in [-0.25, -0.2) is 0 Å². The molecule has 72 valence electrons. The fourth-order valence-corrected chi connectivity index (χ4v) is 1.52. The van der Waals surface area contributed by atoms with Crippen molar-refractivity contribution in [3.8, 4) is 0 Å². The summed E-state index contributed by atoms with van der Waals surface area (Å²) in [5.74, 6) is 0. The molecular formula is C7H5BrF3NS. The highest BCUT2D eigenvalue weighted by Gasteiger charge is 2.28. The van der Waals surface area contributed by atoms with Gasteiger partial charge >= 0.3 is 5.51 Å². The van der Waals surface area contributed by atoms with Crippen LogP contribution in [-0.4, -0.2) is 5.51 Å². The number of nitrogens with one attached hydrogen (secondary N) is 1. The van der Waals surface area contributed by atoms with Gasteiger partial charge in [0.05, 0.1) is 0 Å². The molecular weight excluding hydrogens is 267 g/mol. The Bertz CT molecular complexity index is 272. The SMILES string of the molecule is FC(F)(F)Sc1ccc(NBr)cc1. The second kappa shape index (κ2) is 4.23. The second-order valence-electron chi connectivity index (χ2n) is 2.17. The summed E-state index contributed by atoms with van der Waals surface area (Å²) < 4.78 is 38.2. The normalized spacial score (nSPS) is 11.4. The molecule has 6 heteroatoms. The molecule has 0 heterocycles. The third kappa shape index (κ3) is 3.91. The van der Waals surface area contributed by atoms with Gasteiger partial charge in [-0.05, 0) is 36.0 Å². The number of hydrogen-bond donors (Lipinski definition) is 1. The molecule has 1 N–H and O–H groups in total. The predicted octanol–water partition coefficient (Wildman–Crippen LogP) is 4.02. The van der Waals surface area contributed by atoms with Crippen LogP contribution in [0.15, 0.2) is 29.2 Å². The van der Waals surface area contributed by atoms with Gasteiger partial charge in [-0.15, -0.1) is 0 Å². The van der Waals surface area contributed by atoms with Gasteiger partial charge in [-0.1, -0.05) is 0 Å². The summed E-state index contributed by atoms with van der Waals surface area (Å²) in [6.45, 7) is 0. The Morgan fingerprint density at radius 1 is 1.15 bits per heavy atom. The molecule has 1 rings (SSSR count). The van der Waals surface area contributed by atoms with Crippen LogP contribution in [0.3, 0.4) is 0 Å². The zero-order valence-electron chi connectivity index (χ0n) is 6.23. The zero-order valence-corrected chi connectivity index (χ0v) is 8.63. The molecule has 0 radical (unpaired) electrons. The minimum Gasteiger partial charge on any atom is -0.322 e. The standard InChI is InChI=1S/C7H5BrF3NS/c8-12-5-1-3-6(4-2-5)13-7(9,10)11/h1-4,12H. The van der Waals surface area contributed by atoms with Crippen molar-refractivity contribution < 1.29 is 13.2 Å². The van der Waals surface area contributed by atoms with Gasteiger partial charge in [0.2, 0.25) is 0 Å². The molecule has 0 saturated carbocycles. The summed E-state index contributed by atoms with van der Waals surface area (Å²) in [5, 5.41) is 0. The van der Waals surface area contributed by atoms with Gasteiger partial charge in [-0.3, -0.25) is 0 Å². The first-order valence-corrected chi connectivity index (χ1v) is 4.85. The highest BCUT2D eigenvalue weighted by atomic mass is 79.9. The van der Waals surface area contributed by atoms with Gasteiger partial charge in [0.25, 0.3) is 0 Å². The van der Waals surface area contributed by atoms with Crippen LogP contribution in [0.1, 0.15) is 0 Å². The van der Waals surface area contributed by atoms with Crippen molar-refractivity contribution in [2.45, 2.75) is 10.4 Å². The molecule has 1 nitrogen and oxygen atoms in total. The smallest absolute Gasteiger partial charge is 0.322 e. The molecule has 0 aliphatic rings. The monoisotopic (exact) mass is 271 g/mol. The van der Waals surface area contributed by atoms with Crippen molar-refractivity contribution in [3.63, 3.8) is 0 Å². The molecule has 0 unspecified atom stereocenters. The number of rotatable bonds is 2. The van der Waals surface area contributed by atoms with Crippen molar-refractivity contribution in [1.82, 2.24) is 0 Å². The van der Waals surface area contributed by atoms with Crippen LogP contribution in [0.25, 0.3) is 0 Å². The van der Waals surface area contributed by atoms with Gasteiger partial charge < -0.3 is 4.34 Å². The van der Waals surface area contributed by atoms with E-state index in [2.05, 4.69) is 20.5 Å². The summed E-state index contributed by atoms with van der Waals surface area (Å²) in [6, 6.07) is 5.93. The highest BCUT2D eigenvalue weighted by Crippen LogP contribution is 2.36. The number of anilines is 1. The van der Waals surface area contributed by atoms with Gasteiger partial charge in [0.15, 0.2) is 0 Å². The lowest BCUT2D eigenvalue weighted by atomic mass is 10.3. The maximum absolute atomic E-state index is 11.9. The fraction of sp³-hybridized carbons (Fsp3) is 0.143. The second-order valence-corrected chi connectivity index (χ2v) is 3.70. The van der Waals surface area contributed by atoms with Crippen LogP contribution >= 0.6 is 27.9 Å². The Morgan fingerprint density at radius 2 is 1.69 bits per heavy atom. The Labute approximate surface area is 86.0 Å². The number of thioether (sulfide) groups is 1. The molecule has 0 aromatic heterocycles. The first kappa shape index (κ1) is 10.7. The number of hydrogen-bond acceptors (Lipinski definition) is 2. The number of benzene rings is 1. The highest BCUT2D eigenvalue weighted by molar-refractivity contribution is 9.10. The van der Waals surface area contributed by atoms with Gasteiger partial charge in [0, 0.05) is 26.7 Å². The van der Waals surface area contributed by atoms with E-state index in [1.165, 1.54) is 12.1 Å². The van der Waals surface area contributed by atoms with E-state index < -0.39 is 5.51 Å². The van der Waals surface area contributed by atoms with Crippen molar-refractivity contribution in [2.75, 3.05) is 4.34 Å². The summed E-state index contributed by atoms with van der Waals surface area (Å²) in [5.41, 5.74) is -3.50. The Hall–Kier alpha value is -0.360. The molecule has 1 aromatic carbocycles. The van der Waals surface area contributed by atoms with E-state index in [-0.39, 0.29) is 16.7 Å². The van der Waals surface area contributed by atoms with Crippen LogP contribution in [0, 0.1) is 0 Å². The van der Waals surface area contributed by atoms with Crippen LogP contribution in [0.4, 0.5) is 18.9 Å². The van der Waals surface area contributed by atoms with Crippen molar-refractivity contribution in [1.29, 1.82) is 0 Å². The van der Waals surface area contributed by atoms with Crippen molar-refractivity contribution >= 4 is 33.6 Å². The summed E-state index contributed by atoms with van der Waals surface area (Å²) in [7, 11) is 0. The Morgan fingerprint density at radius 3 is 2.08 bits per heavy atom. The molecule has 13 heavy (non-hydrogen) atoms. The summed E-state index contributed by atoms with van der Waals surface area (Å²) in [6.07, 6.45) is 0. The van der Waals surface area contributed by atoms with Crippen LogP contribution in [0.5, 0.6) is 0 Å². The van der Waals surface area contributed by atoms with Crippen molar-refractivity contribution in [3.05, 3.63) is 24.3 Å². The minimum atomic E-state index is -4.22. The summed E-state index contributed by atoms with van der Waals surface area (Å²) in [4.78, 5) is 0.180. The van der Waals surface area contributed by atoms with E-state index in [1.807, 2.05) is 0 Å². The maximum atomic E-state index is 11.9. The molecule has 0 atom stereocenters. The molecule has 0 saturated heterocycles. The Kier molecular flexibility index (Phi) is 3.49. The first-order chi connectivity index (χ1) is 6.01. The predicted molar refractivity (Wildman–Crippen MR) is 50.9 cm³/mol. The van der Waals surface area contributed by atoms with E-state index in [4.69, 9.17) is 0 Å². The zero-order chi connectivity index (χ0) is 9.90. The molecule has 0 aliphatic carbocycles. The lowest BCUT2D eigenvalue weighted by Gasteiger charge is -2.05. The largest absolute Gasteiger partial charge is 0.446 e. The lowest BCUT2D eigenvalue weighted by Crippen LogP contribution is -1.98. The minimum absolute atomic E-state index is 0.123. The van der Waals surface area contributed by atoms with Crippen LogP contribution < -0.4 is 4.34 Å². The summed E-state index contributed by atoms with van der Waals surface area (Å²) >= 11 is 2.84. The third-order valence-electron chi connectivity index (χ3n) is 1.20. The molecule has 0 amide bonds. The molecule has 0 aliphatic heterocycles. The van der Waals surface area contributed by atoms with Gasteiger partial charge in [0.1, 0.15) is 0 Å². The van der Waals surface area contributed by atoms with E-state index in [1.54, 1.807) is 12.1 Å². The van der Waals surface area contributed by atoms with E-state index in [9.17, 15) is 13.2 Å². The average molecular weight is 272 g/mol. The van der Waals surface area contributed by atoms with Crippen LogP contribution in [-0.2, 0) is 0 Å².